The van der Waals surface area contributed by atoms with E-state index < -0.39 is 0 Å². The molecule has 0 unspecified atom stereocenters. The molecule has 0 aromatic carbocycles. The Morgan fingerprint density at radius 1 is 1.50 bits per heavy atom. The lowest BCUT2D eigenvalue weighted by Gasteiger charge is -2.48. The summed E-state index contributed by atoms with van der Waals surface area (Å²) >= 11 is 0. The summed E-state index contributed by atoms with van der Waals surface area (Å²) < 4.78 is 0. The fraction of sp³-hybridized carbons (Fsp3) is 0.600. The molecule has 1 fully saturated rings. The van der Waals surface area contributed by atoms with Crippen LogP contribution in [0.4, 0.5) is 5.82 Å². The summed E-state index contributed by atoms with van der Waals surface area (Å²) in [7, 11) is 0. The molecule has 0 saturated carbocycles. The van der Waals surface area contributed by atoms with Crippen LogP contribution in [0.2, 0.25) is 0 Å². The molecule has 4 heteroatoms. The van der Waals surface area contributed by atoms with Crippen LogP contribution in [0.25, 0.3) is 0 Å². The van der Waals surface area contributed by atoms with Gasteiger partial charge >= 0.3 is 0 Å². The van der Waals surface area contributed by atoms with Crippen LogP contribution < -0.4 is 10.6 Å². The Hall–Kier alpha value is -1.16. The number of hydrogen-bond acceptors (Lipinski definition) is 4. The number of nitrogens with zero attached hydrogens (tertiary/aromatic N) is 3. The molecule has 0 atom stereocenters. The summed E-state index contributed by atoms with van der Waals surface area (Å²) in [5.74, 6) is 0.993. The minimum atomic E-state index is -0.00114. The van der Waals surface area contributed by atoms with Gasteiger partial charge in [-0.2, -0.15) is 0 Å². The molecule has 2 heterocycles. The number of aromatic nitrogens is 2. The fourth-order valence-corrected chi connectivity index (χ4v) is 1.71. The second kappa shape index (κ2) is 3.20. The van der Waals surface area contributed by atoms with Crippen LogP contribution >= 0.6 is 0 Å². The molecule has 1 aliphatic rings. The number of rotatable bonds is 2. The molecule has 0 spiro atoms. The topological polar surface area (TPSA) is 55.0 Å². The Kier molecular flexibility index (Phi) is 2.15. The molecule has 1 aromatic heterocycles. The lowest BCUT2D eigenvalue weighted by atomic mass is 9.88. The maximum absolute atomic E-state index is 6.08. The van der Waals surface area contributed by atoms with Crippen molar-refractivity contribution < 1.29 is 0 Å². The molecule has 0 radical (unpaired) electrons. The van der Waals surface area contributed by atoms with E-state index in [1.54, 1.807) is 6.33 Å². The Balaban J connectivity index is 2.06. The van der Waals surface area contributed by atoms with Gasteiger partial charge in [0.1, 0.15) is 12.1 Å². The molecule has 1 aromatic rings. The molecule has 0 amide bonds. The first-order valence-electron chi connectivity index (χ1n) is 4.95. The van der Waals surface area contributed by atoms with Gasteiger partial charge in [-0.05, 0) is 13.3 Å². The first kappa shape index (κ1) is 9.40. The molecule has 2 N–H and O–H groups in total. The van der Waals surface area contributed by atoms with Crippen LogP contribution in [0.15, 0.2) is 12.4 Å². The molecule has 1 saturated heterocycles. The predicted molar refractivity (Wildman–Crippen MR) is 56.2 cm³/mol. The van der Waals surface area contributed by atoms with E-state index in [1.165, 1.54) is 0 Å². The number of anilines is 1. The molecule has 76 valence electrons. The van der Waals surface area contributed by atoms with E-state index in [2.05, 4.69) is 21.8 Å². The third kappa shape index (κ3) is 1.57. The molecular weight excluding hydrogens is 176 g/mol. The van der Waals surface area contributed by atoms with Crippen molar-refractivity contribution in [1.82, 2.24) is 9.97 Å². The van der Waals surface area contributed by atoms with Gasteiger partial charge in [0.05, 0.1) is 5.54 Å². The average molecular weight is 192 g/mol. The fourth-order valence-electron chi connectivity index (χ4n) is 1.71. The maximum atomic E-state index is 6.08. The molecule has 0 bridgehead atoms. The Morgan fingerprint density at radius 2 is 2.21 bits per heavy atom. The minimum Gasteiger partial charge on any atom is -0.353 e. The van der Waals surface area contributed by atoms with E-state index in [9.17, 15) is 0 Å². The zero-order chi connectivity index (χ0) is 10.2. The van der Waals surface area contributed by atoms with Crippen LogP contribution in [0, 0.1) is 6.92 Å². The molecular formula is C10H16N4. The average Bonchev–Trinajstić information content (AvgIpc) is 2.13. The van der Waals surface area contributed by atoms with E-state index in [-0.39, 0.29) is 5.54 Å². The lowest BCUT2D eigenvalue weighted by molar-refractivity contribution is 0.320. The standard InChI is InChI=1S/C10H16N4/c1-3-10(11)5-14(6-10)9-4-8(2)12-7-13-9/h4,7H,3,5-6,11H2,1-2H3. The molecule has 2 rings (SSSR count). The largest absolute Gasteiger partial charge is 0.353 e. The van der Waals surface area contributed by atoms with Crippen LogP contribution in [0.5, 0.6) is 0 Å². The zero-order valence-electron chi connectivity index (χ0n) is 8.70. The van der Waals surface area contributed by atoms with E-state index in [1.807, 2.05) is 13.0 Å². The predicted octanol–water partition coefficient (Wildman–Crippen LogP) is 0.713. The number of nitrogens with two attached hydrogens (primary N) is 1. The monoisotopic (exact) mass is 192 g/mol. The van der Waals surface area contributed by atoms with Gasteiger partial charge in [-0.1, -0.05) is 6.92 Å². The van der Waals surface area contributed by atoms with Crippen molar-refractivity contribution in [2.75, 3.05) is 18.0 Å². The molecule has 4 nitrogen and oxygen atoms in total. The highest BCUT2D eigenvalue weighted by molar-refractivity contribution is 5.44. The maximum Gasteiger partial charge on any atom is 0.132 e. The smallest absolute Gasteiger partial charge is 0.132 e. The van der Waals surface area contributed by atoms with Crippen molar-refractivity contribution >= 4 is 5.82 Å². The zero-order valence-corrected chi connectivity index (χ0v) is 8.70. The summed E-state index contributed by atoms with van der Waals surface area (Å²) in [5, 5.41) is 0. The number of hydrogen-bond donors (Lipinski definition) is 1. The second-order valence-corrected chi connectivity index (χ2v) is 4.09. The molecule has 1 aliphatic heterocycles. The van der Waals surface area contributed by atoms with Crippen molar-refractivity contribution in [1.29, 1.82) is 0 Å². The third-order valence-corrected chi connectivity index (χ3v) is 2.83. The van der Waals surface area contributed by atoms with Crippen LogP contribution in [-0.4, -0.2) is 28.6 Å². The number of aryl methyl sites for hydroxylation is 1. The van der Waals surface area contributed by atoms with E-state index >= 15 is 0 Å². The summed E-state index contributed by atoms with van der Waals surface area (Å²) in [4.78, 5) is 10.5. The lowest BCUT2D eigenvalue weighted by Crippen LogP contribution is -2.67. The van der Waals surface area contributed by atoms with Crippen LogP contribution in [0.1, 0.15) is 19.0 Å². The van der Waals surface area contributed by atoms with E-state index in [0.717, 1.165) is 31.0 Å². The molecule has 0 aliphatic carbocycles. The minimum absolute atomic E-state index is 0.00114. The Labute approximate surface area is 84.2 Å². The normalized spacial score (nSPS) is 19.2. The van der Waals surface area contributed by atoms with Gasteiger partial charge in [0, 0.05) is 24.8 Å². The van der Waals surface area contributed by atoms with Gasteiger partial charge in [-0.25, -0.2) is 9.97 Å². The third-order valence-electron chi connectivity index (χ3n) is 2.83. The van der Waals surface area contributed by atoms with Crippen molar-refractivity contribution in [3.05, 3.63) is 18.1 Å². The van der Waals surface area contributed by atoms with Gasteiger partial charge in [0.15, 0.2) is 0 Å². The summed E-state index contributed by atoms with van der Waals surface area (Å²) in [6, 6.07) is 2.00. The summed E-state index contributed by atoms with van der Waals surface area (Å²) in [5.41, 5.74) is 7.08. The first-order chi connectivity index (χ1) is 6.63. The Morgan fingerprint density at radius 3 is 2.79 bits per heavy atom. The van der Waals surface area contributed by atoms with Gasteiger partial charge < -0.3 is 10.6 Å². The van der Waals surface area contributed by atoms with Gasteiger partial charge in [0.2, 0.25) is 0 Å². The van der Waals surface area contributed by atoms with Crippen LogP contribution in [0.3, 0.4) is 0 Å². The van der Waals surface area contributed by atoms with Gasteiger partial charge in [0.25, 0.3) is 0 Å². The highest BCUT2D eigenvalue weighted by Gasteiger charge is 2.38. The van der Waals surface area contributed by atoms with E-state index in [4.69, 9.17) is 5.73 Å². The van der Waals surface area contributed by atoms with Crippen molar-refractivity contribution in [3.8, 4) is 0 Å². The van der Waals surface area contributed by atoms with Crippen molar-refractivity contribution in [2.24, 2.45) is 5.73 Å². The van der Waals surface area contributed by atoms with Crippen molar-refractivity contribution in [3.63, 3.8) is 0 Å². The SMILES string of the molecule is CCC1(N)CN(c2cc(C)ncn2)C1. The summed E-state index contributed by atoms with van der Waals surface area (Å²) in [6.07, 6.45) is 2.63. The highest BCUT2D eigenvalue weighted by Crippen LogP contribution is 2.26. The van der Waals surface area contributed by atoms with E-state index in [0.29, 0.717) is 0 Å². The second-order valence-electron chi connectivity index (χ2n) is 4.09. The van der Waals surface area contributed by atoms with Gasteiger partial charge in [-0.15, -0.1) is 0 Å². The first-order valence-corrected chi connectivity index (χ1v) is 4.95. The van der Waals surface area contributed by atoms with Gasteiger partial charge in [-0.3, -0.25) is 0 Å². The molecule has 14 heavy (non-hydrogen) atoms. The Bertz CT molecular complexity index is 331. The quantitative estimate of drug-likeness (QED) is 0.750. The van der Waals surface area contributed by atoms with Crippen LogP contribution in [-0.2, 0) is 0 Å². The van der Waals surface area contributed by atoms with Crippen molar-refractivity contribution in [2.45, 2.75) is 25.8 Å². The highest BCUT2D eigenvalue weighted by atomic mass is 15.3. The summed E-state index contributed by atoms with van der Waals surface area (Å²) in [6.45, 7) is 5.91.